The van der Waals surface area contributed by atoms with Crippen molar-refractivity contribution >= 4 is 16.8 Å². The van der Waals surface area contributed by atoms with Crippen molar-refractivity contribution in [2.24, 2.45) is 0 Å². The molecule has 0 bridgehead atoms. The largest absolute Gasteiger partial charge is 0.497 e. The van der Waals surface area contributed by atoms with Gasteiger partial charge in [0.05, 0.1) is 14.2 Å². The van der Waals surface area contributed by atoms with Crippen LogP contribution in [0.25, 0.3) is 10.9 Å². The molecule has 1 aliphatic heterocycles. The predicted octanol–water partition coefficient (Wildman–Crippen LogP) is 4.28. The molecule has 0 spiro atoms. The van der Waals surface area contributed by atoms with E-state index in [2.05, 4.69) is 17.2 Å². The molecular formula is C24H28N2O4. The second kappa shape index (κ2) is 8.69. The first-order valence-electron chi connectivity index (χ1n) is 10.3. The number of hydrogen-bond donors (Lipinski definition) is 1. The van der Waals surface area contributed by atoms with E-state index in [1.165, 1.54) is 10.9 Å². The summed E-state index contributed by atoms with van der Waals surface area (Å²) in [5.41, 5.74) is 3.50. The minimum atomic E-state index is 0.0108. The topological polar surface area (TPSA) is 63.8 Å². The van der Waals surface area contributed by atoms with Gasteiger partial charge in [-0.2, -0.15) is 0 Å². The molecule has 1 aliphatic rings. The highest BCUT2D eigenvalue weighted by Gasteiger charge is 2.26. The summed E-state index contributed by atoms with van der Waals surface area (Å²) in [5, 5.41) is 1.20. The van der Waals surface area contributed by atoms with E-state index in [1.807, 2.05) is 42.2 Å². The third-order valence-electron chi connectivity index (χ3n) is 5.88. The molecule has 6 nitrogen and oxygen atoms in total. The maximum Gasteiger partial charge on any atom is 0.260 e. The number of likely N-dealkylation sites (tertiary alicyclic amines) is 1. The van der Waals surface area contributed by atoms with Crippen LogP contribution in [-0.2, 0) is 4.79 Å². The zero-order chi connectivity index (χ0) is 21.1. The number of amides is 1. The van der Waals surface area contributed by atoms with Crippen LogP contribution in [0.2, 0.25) is 0 Å². The van der Waals surface area contributed by atoms with Gasteiger partial charge in [0.1, 0.15) is 5.75 Å². The molecule has 0 aliphatic carbocycles. The lowest BCUT2D eigenvalue weighted by molar-refractivity contribution is -0.134. The quantitative estimate of drug-likeness (QED) is 0.661. The summed E-state index contributed by atoms with van der Waals surface area (Å²) in [6.45, 7) is 3.48. The molecule has 1 fully saturated rings. The number of ether oxygens (including phenoxy) is 3. The summed E-state index contributed by atoms with van der Waals surface area (Å²) in [6.07, 6.45) is 3.96. The standard InChI is InChI=1S/C24H28N2O4/c1-16-4-7-22(23(12-16)29-3)30-15-24(27)26-10-8-17(9-11-26)20-14-25-21-6-5-18(28-2)13-19(20)21/h4-7,12-14,17,25H,8-11,15H2,1-3H3. The van der Waals surface area contributed by atoms with Crippen LogP contribution < -0.4 is 14.2 Å². The Morgan fingerprint density at radius 3 is 2.60 bits per heavy atom. The second-order valence-electron chi connectivity index (χ2n) is 7.75. The van der Waals surface area contributed by atoms with Crippen LogP contribution in [0, 0.1) is 6.92 Å². The molecule has 30 heavy (non-hydrogen) atoms. The van der Waals surface area contributed by atoms with Crippen molar-refractivity contribution in [3.8, 4) is 17.2 Å². The highest BCUT2D eigenvalue weighted by atomic mass is 16.5. The summed E-state index contributed by atoms with van der Waals surface area (Å²) < 4.78 is 16.5. The lowest BCUT2D eigenvalue weighted by atomic mass is 9.89. The smallest absolute Gasteiger partial charge is 0.260 e. The number of carbonyl (C=O) groups is 1. The van der Waals surface area contributed by atoms with Gasteiger partial charge < -0.3 is 24.1 Å². The van der Waals surface area contributed by atoms with Crippen molar-refractivity contribution < 1.29 is 19.0 Å². The molecule has 1 N–H and O–H groups in total. The Balaban J connectivity index is 1.36. The number of hydrogen-bond acceptors (Lipinski definition) is 4. The first kappa shape index (κ1) is 20.1. The van der Waals surface area contributed by atoms with Gasteiger partial charge in [0.15, 0.2) is 18.1 Å². The van der Waals surface area contributed by atoms with Crippen LogP contribution in [-0.4, -0.2) is 49.7 Å². The first-order valence-corrected chi connectivity index (χ1v) is 10.3. The molecule has 0 radical (unpaired) electrons. The molecule has 6 heteroatoms. The van der Waals surface area contributed by atoms with Gasteiger partial charge in [-0.3, -0.25) is 4.79 Å². The Labute approximate surface area is 176 Å². The summed E-state index contributed by atoms with van der Waals surface area (Å²) in [4.78, 5) is 17.9. The number of rotatable bonds is 6. The number of aromatic amines is 1. The third kappa shape index (κ3) is 4.08. The average molecular weight is 408 g/mol. The Morgan fingerprint density at radius 2 is 1.87 bits per heavy atom. The van der Waals surface area contributed by atoms with E-state index in [9.17, 15) is 4.79 Å². The normalized spacial score (nSPS) is 14.7. The zero-order valence-corrected chi connectivity index (χ0v) is 17.7. The van der Waals surface area contributed by atoms with E-state index < -0.39 is 0 Å². The maximum atomic E-state index is 12.7. The van der Waals surface area contributed by atoms with Crippen molar-refractivity contribution in [2.45, 2.75) is 25.7 Å². The number of nitrogens with zero attached hydrogens (tertiary/aromatic N) is 1. The number of H-pyrrole nitrogens is 1. The number of benzene rings is 2. The molecule has 2 heterocycles. The molecule has 0 unspecified atom stereocenters. The molecule has 3 aromatic rings. The number of aryl methyl sites for hydroxylation is 1. The lowest BCUT2D eigenvalue weighted by Gasteiger charge is -2.32. The summed E-state index contributed by atoms with van der Waals surface area (Å²) >= 11 is 0. The number of aromatic nitrogens is 1. The summed E-state index contributed by atoms with van der Waals surface area (Å²) in [7, 11) is 3.29. The van der Waals surface area contributed by atoms with E-state index >= 15 is 0 Å². The number of piperidine rings is 1. The Kier molecular flexibility index (Phi) is 5.84. The number of fused-ring (bicyclic) bond motifs is 1. The van der Waals surface area contributed by atoms with Crippen molar-refractivity contribution in [1.82, 2.24) is 9.88 Å². The number of nitrogens with one attached hydrogen (secondary N) is 1. The van der Waals surface area contributed by atoms with E-state index in [0.717, 1.165) is 42.8 Å². The Morgan fingerprint density at radius 1 is 1.07 bits per heavy atom. The monoisotopic (exact) mass is 408 g/mol. The summed E-state index contributed by atoms with van der Waals surface area (Å²) in [6, 6.07) is 11.8. The van der Waals surface area contributed by atoms with E-state index in [-0.39, 0.29) is 12.5 Å². The van der Waals surface area contributed by atoms with Gasteiger partial charge in [0.25, 0.3) is 5.91 Å². The average Bonchev–Trinajstić information content (AvgIpc) is 3.21. The molecular weight excluding hydrogens is 380 g/mol. The maximum absolute atomic E-state index is 12.7. The minimum Gasteiger partial charge on any atom is -0.497 e. The molecule has 2 aromatic carbocycles. The van der Waals surface area contributed by atoms with Crippen LogP contribution in [0.4, 0.5) is 0 Å². The van der Waals surface area contributed by atoms with E-state index in [4.69, 9.17) is 14.2 Å². The van der Waals surface area contributed by atoms with Gasteiger partial charge >= 0.3 is 0 Å². The third-order valence-corrected chi connectivity index (χ3v) is 5.88. The highest BCUT2D eigenvalue weighted by Crippen LogP contribution is 2.35. The SMILES string of the molecule is COc1ccc2[nH]cc(C3CCN(C(=O)COc4ccc(C)cc4OC)CC3)c2c1. The fourth-order valence-electron chi connectivity index (χ4n) is 4.15. The van der Waals surface area contributed by atoms with E-state index in [0.29, 0.717) is 17.4 Å². The molecule has 158 valence electrons. The van der Waals surface area contributed by atoms with Crippen molar-refractivity contribution in [2.75, 3.05) is 33.9 Å². The first-order chi connectivity index (χ1) is 14.6. The van der Waals surface area contributed by atoms with Gasteiger partial charge in [-0.05, 0) is 67.1 Å². The number of methoxy groups -OCH3 is 2. The number of carbonyl (C=O) groups excluding carboxylic acids is 1. The Hall–Kier alpha value is -3.15. The highest BCUT2D eigenvalue weighted by molar-refractivity contribution is 5.85. The molecule has 4 rings (SSSR count). The van der Waals surface area contributed by atoms with Crippen molar-refractivity contribution in [3.63, 3.8) is 0 Å². The fraction of sp³-hybridized carbons (Fsp3) is 0.375. The lowest BCUT2D eigenvalue weighted by Crippen LogP contribution is -2.40. The molecule has 0 saturated carbocycles. The fourth-order valence-corrected chi connectivity index (χ4v) is 4.15. The van der Waals surface area contributed by atoms with Crippen LogP contribution >= 0.6 is 0 Å². The molecule has 1 amide bonds. The minimum absolute atomic E-state index is 0.0108. The Bertz CT molecular complexity index is 1030. The predicted molar refractivity (Wildman–Crippen MR) is 117 cm³/mol. The van der Waals surface area contributed by atoms with E-state index in [1.54, 1.807) is 14.2 Å². The second-order valence-corrected chi connectivity index (χ2v) is 7.75. The van der Waals surface area contributed by atoms with Gasteiger partial charge in [0, 0.05) is 30.2 Å². The van der Waals surface area contributed by atoms with Gasteiger partial charge in [-0.1, -0.05) is 6.07 Å². The summed E-state index contributed by atoms with van der Waals surface area (Å²) in [5.74, 6) is 2.54. The van der Waals surface area contributed by atoms with Crippen LogP contribution in [0.5, 0.6) is 17.2 Å². The van der Waals surface area contributed by atoms with Crippen molar-refractivity contribution in [3.05, 3.63) is 53.7 Å². The van der Waals surface area contributed by atoms with Gasteiger partial charge in [0.2, 0.25) is 0 Å². The molecule has 0 atom stereocenters. The van der Waals surface area contributed by atoms with Crippen LogP contribution in [0.3, 0.4) is 0 Å². The van der Waals surface area contributed by atoms with Gasteiger partial charge in [-0.15, -0.1) is 0 Å². The van der Waals surface area contributed by atoms with Crippen molar-refractivity contribution in [1.29, 1.82) is 0 Å². The molecule has 1 aromatic heterocycles. The van der Waals surface area contributed by atoms with Crippen LogP contribution in [0.1, 0.15) is 29.9 Å². The molecule has 1 saturated heterocycles. The van der Waals surface area contributed by atoms with Gasteiger partial charge in [-0.25, -0.2) is 0 Å². The zero-order valence-electron chi connectivity index (χ0n) is 17.7. The van der Waals surface area contributed by atoms with Crippen LogP contribution in [0.15, 0.2) is 42.6 Å².